The minimum Gasteiger partial charge on any atom is -0.379 e. The number of aromatic nitrogens is 2. The van der Waals surface area contributed by atoms with E-state index in [1.54, 1.807) is 23.0 Å². The van der Waals surface area contributed by atoms with Crippen molar-refractivity contribution in [3.63, 3.8) is 0 Å². The topological polar surface area (TPSA) is 59.4 Å². The second-order valence-corrected chi connectivity index (χ2v) is 7.42. The van der Waals surface area contributed by atoms with E-state index in [1.165, 1.54) is 12.1 Å². The van der Waals surface area contributed by atoms with E-state index in [4.69, 9.17) is 4.74 Å². The Morgan fingerprint density at radius 2 is 1.93 bits per heavy atom. The standard InChI is InChI=1S/C21H29FN4O2/c1-4-19-18(13-24-26(19)17-7-5-16(22)6-8-17)21(27)23-14-20(15(2)3)25-9-11-28-12-10-25/h5-8,13,15,20H,4,9-12,14H2,1-3H3,(H,23,27). The highest BCUT2D eigenvalue weighted by Crippen LogP contribution is 2.17. The number of carbonyl (C=O) groups is 1. The Labute approximate surface area is 165 Å². The third-order valence-electron chi connectivity index (χ3n) is 5.28. The molecule has 2 heterocycles. The zero-order valence-corrected chi connectivity index (χ0v) is 16.8. The molecule has 3 rings (SSSR count). The second-order valence-electron chi connectivity index (χ2n) is 7.42. The highest BCUT2D eigenvalue weighted by molar-refractivity contribution is 5.95. The van der Waals surface area contributed by atoms with Crippen LogP contribution in [0.1, 0.15) is 36.8 Å². The molecule has 1 aromatic heterocycles. The molecule has 0 saturated carbocycles. The fraction of sp³-hybridized carbons (Fsp3) is 0.524. The van der Waals surface area contributed by atoms with E-state index < -0.39 is 0 Å². The van der Waals surface area contributed by atoms with Gasteiger partial charge in [-0.05, 0) is 36.6 Å². The van der Waals surface area contributed by atoms with Crippen LogP contribution in [0, 0.1) is 11.7 Å². The van der Waals surface area contributed by atoms with Crippen LogP contribution in [0.15, 0.2) is 30.5 Å². The summed E-state index contributed by atoms with van der Waals surface area (Å²) in [4.78, 5) is 15.3. The Morgan fingerprint density at radius 1 is 1.25 bits per heavy atom. The number of benzene rings is 1. The normalized spacial score (nSPS) is 16.3. The first-order valence-electron chi connectivity index (χ1n) is 9.94. The zero-order valence-electron chi connectivity index (χ0n) is 16.8. The molecular weight excluding hydrogens is 359 g/mol. The number of morpholine rings is 1. The van der Waals surface area contributed by atoms with Gasteiger partial charge in [-0.15, -0.1) is 0 Å². The Kier molecular flexibility index (Phi) is 6.80. The summed E-state index contributed by atoms with van der Waals surface area (Å²) in [5, 5.41) is 7.46. The molecule has 1 aromatic carbocycles. The lowest BCUT2D eigenvalue weighted by molar-refractivity contribution is 0.00672. The van der Waals surface area contributed by atoms with Crippen LogP contribution in [0.4, 0.5) is 4.39 Å². The largest absolute Gasteiger partial charge is 0.379 e. The van der Waals surface area contributed by atoms with Crippen molar-refractivity contribution in [1.29, 1.82) is 0 Å². The van der Waals surface area contributed by atoms with Crippen LogP contribution in [-0.2, 0) is 11.2 Å². The number of rotatable bonds is 7. The molecule has 1 fully saturated rings. The second kappa shape index (κ2) is 9.30. The quantitative estimate of drug-likeness (QED) is 0.792. The molecule has 1 amide bonds. The van der Waals surface area contributed by atoms with E-state index >= 15 is 0 Å². The average molecular weight is 388 g/mol. The molecule has 28 heavy (non-hydrogen) atoms. The first kappa shape index (κ1) is 20.5. The molecule has 1 saturated heterocycles. The van der Waals surface area contributed by atoms with Crippen LogP contribution in [0.25, 0.3) is 5.69 Å². The van der Waals surface area contributed by atoms with Crippen molar-refractivity contribution in [2.75, 3.05) is 32.8 Å². The zero-order chi connectivity index (χ0) is 20.1. The summed E-state index contributed by atoms with van der Waals surface area (Å²) in [6, 6.07) is 6.38. The molecule has 152 valence electrons. The number of carbonyl (C=O) groups excluding carboxylic acids is 1. The fourth-order valence-corrected chi connectivity index (χ4v) is 3.70. The molecule has 0 radical (unpaired) electrons. The summed E-state index contributed by atoms with van der Waals surface area (Å²) < 4.78 is 20.4. The number of nitrogens with one attached hydrogen (secondary N) is 1. The van der Waals surface area contributed by atoms with Gasteiger partial charge in [0.2, 0.25) is 0 Å². The SMILES string of the molecule is CCc1c(C(=O)NCC(C(C)C)N2CCOCC2)cnn1-c1ccc(F)cc1. The highest BCUT2D eigenvalue weighted by Gasteiger charge is 2.25. The Morgan fingerprint density at radius 3 is 2.54 bits per heavy atom. The van der Waals surface area contributed by atoms with Gasteiger partial charge in [0.1, 0.15) is 5.82 Å². The van der Waals surface area contributed by atoms with Crippen molar-refractivity contribution >= 4 is 5.91 Å². The van der Waals surface area contributed by atoms with Crippen molar-refractivity contribution in [2.24, 2.45) is 5.92 Å². The van der Waals surface area contributed by atoms with Gasteiger partial charge < -0.3 is 10.1 Å². The van der Waals surface area contributed by atoms with Crippen molar-refractivity contribution in [1.82, 2.24) is 20.0 Å². The van der Waals surface area contributed by atoms with Gasteiger partial charge in [0.25, 0.3) is 5.91 Å². The molecule has 1 N–H and O–H groups in total. The molecule has 6 nitrogen and oxygen atoms in total. The smallest absolute Gasteiger partial charge is 0.254 e. The van der Waals surface area contributed by atoms with E-state index in [9.17, 15) is 9.18 Å². The summed E-state index contributed by atoms with van der Waals surface area (Å²) in [5.74, 6) is 0.00451. The lowest BCUT2D eigenvalue weighted by Gasteiger charge is -2.36. The van der Waals surface area contributed by atoms with Crippen molar-refractivity contribution in [3.8, 4) is 5.69 Å². The highest BCUT2D eigenvalue weighted by atomic mass is 19.1. The number of halogens is 1. The van der Waals surface area contributed by atoms with E-state index in [2.05, 4.69) is 29.2 Å². The minimum atomic E-state index is -0.297. The third kappa shape index (κ3) is 4.59. The lowest BCUT2D eigenvalue weighted by Crippen LogP contribution is -2.51. The number of hydrogen-bond acceptors (Lipinski definition) is 4. The maximum absolute atomic E-state index is 13.2. The van der Waals surface area contributed by atoms with E-state index in [-0.39, 0.29) is 17.8 Å². The summed E-state index contributed by atoms with van der Waals surface area (Å²) in [6.45, 7) is 10.2. The summed E-state index contributed by atoms with van der Waals surface area (Å²) >= 11 is 0. The van der Waals surface area contributed by atoms with Gasteiger partial charge in [0.15, 0.2) is 0 Å². The predicted molar refractivity (Wildman–Crippen MR) is 106 cm³/mol. The molecule has 1 atom stereocenters. The van der Waals surface area contributed by atoms with Gasteiger partial charge in [-0.2, -0.15) is 5.10 Å². The van der Waals surface area contributed by atoms with Gasteiger partial charge >= 0.3 is 0 Å². The van der Waals surface area contributed by atoms with Gasteiger partial charge in [0.05, 0.1) is 36.4 Å². The summed E-state index contributed by atoms with van der Waals surface area (Å²) in [7, 11) is 0. The first-order valence-corrected chi connectivity index (χ1v) is 9.94. The number of hydrogen-bond donors (Lipinski definition) is 1. The monoisotopic (exact) mass is 388 g/mol. The first-order chi connectivity index (χ1) is 13.5. The van der Waals surface area contributed by atoms with Crippen LogP contribution in [0.2, 0.25) is 0 Å². The van der Waals surface area contributed by atoms with Gasteiger partial charge in [-0.1, -0.05) is 20.8 Å². The van der Waals surface area contributed by atoms with E-state index in [1.807, 2.05) is 6.92 Å². The van der Waals surface area contributed by atoms with Crippen LogP contribution < -0.4 is 5.32 Å². The van der Waals surface area contributed by atoms with Gasteiger partial charge in [-0.3, -0.25) is 9.69 Å². The fourth-order valence-electron chi connectivity index (χ4n) is 3.70. The number of nitrogens with zero attached hydrogens (tertiary/aromatic N) is 3. The molecule has 1 unspecified atom stereocenters. The van der Waals surface area contributed by atoms with Crippen molar-refractivity contribution < 1.29 is 13.9 Å². The Hall–Kier alpha value is -2.25. The lowest BCUT2D eigenvalue weighted by atomic mass is 10.0. The number of ether oxygens (including phenoxy) is 1. The van der Waals surface area contributed by atoms with Crippen molar-refractivity contribution in [3.05, 3.63) is 47.5 Å². The molecule has 0 aliphatic carbocycles. The molecule has 0 bridgehead atoms. The molecule has 0 spiro atoms. The van der Waals surface area contributed by atoms with E-state index in [0.717, 1.165) is 37.7 Å². The predicted octanol–water partition coefficient (Wildman–Crippen LogP) is 2.66. The minimum absolute atomic E-state index is 0.121. The van der Waals surface area contributed by atoms with Gasteiger partial charge in [0, 0.05) is 25.7 Å². The Balaban J connectivity index is 1.72. The number of amides is 1. The summed E-state index contributed by atoms with van der Waals surface area (Å²) in [5.41, 5.74) is 2.12. The van der Waals surface area contributed by atoms with Crippen LogP contribution in [-0.4, -0.2) is 59.5 Å². The molecule has 1 aliphatic rings. The molecular formula is C21H29FN4O2. The van der Waals surface area contributed by atoms with Crippen LogP contribution >= 0.6 is 0 Å². The molecule has 7 heteroatoms. The Bertz CT molecular complexity index is 782. The van der Waals surface area contributed by atoms with Crippen molar-refractivity contribution in [2.45, 2.75) is 33.2 Å². The average Bonchev–Trinajstić information content (AvgIpc) is 3.13. The van der Waals surface area contributed by atoms with Gasteiger partial charge in [-0.25, -0.2) is 9.07 Å². The maximum atomic E-state index is 13.2. The molecule has 2 aromatic rings. The third-order valence-corrected chi connectivity index (χ3v) is 5.28. The van der Waals surface area contributed by atoms with Crippen LogP contribution in [0.3, 0.4) is 0 Å². The maximum Gasteiger partial charge on any atom is 0.254 e. The van der Waals surface area contributed by atoms with Crippen LogP contribution in [0.5, 0.6) is 0 Å². The molecule has 1 aliphatic heterocycles. The van der Waals surface area contributed by atoms with E-state index in [0.29, 0.717) is 24.4 Å². The summed E-state index contributed by atoms with van der Waals surface area (Å²) in [6.07, 6.45) is 2.24.